The molecule has 0 radical (unpaired) electrons. The summed E-state index contributed by atoms with van der Waals surface area (Å²) < 4.78 is 15.6. The maximum Gasteiger partial charge on any atom is 0.200 e. The molecule has 0 bridgehead atoms. The minimum Gasteiger partial charge on any atom is -0.497 e. The third kappa shape index (κ3) is 3.89. The number of Topliss-reactive ketones (excluding diaryl/α,β-unsaturated/α-hetero) is 1. The molecule has 0 saturated carbocycles. The zero-order valence-electron chi connectivity index (χ0n) is 11.8. The second-order valence-electron chi connectivity index (χ2n) is 4.24. The van der Waals surface area contributed by atoms with Gasteiger partial charge in [-0.15, -0.1) is 0 Å². The van der Waals surface area contributed by atoms with Crippen LogP contribution in [0.1, 0.15) is 10.4 Å². The fourth-order valence-corrected chi connectivity index (χ4v) is 2.02. The molecule has 0 aliphatic rings. The van der Waals surface area contributed by atoms with Gasteiger partial charge >= 0.3 is 0 Å². The maximum atomic E-state index is 12.1. The van der Waals surface area contributed by atoms with Gasteiger partial charge < -0.3 is 14.2 Å². The summed E-state index contributed by atoms with van der Waals surface area (Å²) in [5, 5.41) is 0.393. The summed E-state index contributed by atoms with van der Waals surface area (Å²) in [5.74, 6) is 1.61. The molecule has 0 unspecified atom stereocenters. The number of rotatable bonds is 6. The van der Waals surface area contributed by atoms with Gasteiger partial charge in [0.05, 0.1) is 19.2 Å². The van der Waals surface area contributed by atoms with E-state index in [1.54, 1.807) is 49.6 Å². The first-order valence-corrected chi connectivity index (χ1v) is 6.65. The maximum absolute atomic E-state index is 12.1. The Morgan fingerprint density at radius 3 is 2.48 bits per heavy atom. The van der Waals surface area contributed by atoms with Crippen molar-refractivity contribution in [2.75, 3.05) is 20.8 Å². The van der Waals surface area contributed by atoms with E-state index in [9.17, 15) is 4.79 Å². The lowest BCUT2D eigenvalue weighted by molar-refractivity contribution is 0.0921. The van der Waals surface area contributed by atoms with Crippen molar-refractivity contribution in [1.29, 1.82) is 0 Å². The van der Waals surface area contributed by atoms with Gasteiger partial charge in [0.2, 0.25) is 0 Å². The third-order valence-corrected chi connectivity index (χ3v) is 3.18. The molecule has 2 rings (SSSR count). The molecule has 0 aromatic heterocycles. The fourth-order valence-electron chi connectivity index (χ4n) is 1.76. The van der Waals surface area contributed by atoms with Crippen molar-refractivity contribution in [3.05, 3.63) is 53.1 Å². The molecular weight excluding hydrogens is 292 g/mol. The molecule has 0 amide bonds. The van der Waals surface area contributed by atoms with Crippen LogP contribution in [0.15, 0.2) is 42.5 Å². The zero-order chi connectivity index (χ0) is 15.2. The number of ketones is 1. The van der Waals surface area contributed by atoms with Crippen molar-refractivity contribution in [3.63, 3.8) is 0 Å². The number of carbonyl (C=O) groups is 1. The average Bonchev–Trinajstić information content (AvgIpc) is 2.52. The van der Waals surface area contributed by atoms with Crippen molar-refractivity contribution in [3.8, 4) is 17.2 Å². The van der Waals surface area contributed by atoms with Gasteiger partial charge in [-0.25, -0.2) is 0 Å². The standard InChI is InChI=1S/C16H15ClO4/c1-19-12-4-3-5-13(9-12)21-10-15(18)11-6-7-16(20-2)14(17)8-11/h3-9H,10H2,1-2H3. The van der Waals surface area contributed by atoms with E-state index >= 15 is 0 Å². The smallest absolute Gasteiger partial charge is 0.200 e. The largest absolute Gasteiger partial charge is 0.497 e. The molecule has 0 fully saturated rings. The Balaban J connectivity index is 2.02. The molecule has 0 saturated heterocycles. The number of halogens is 1. The molecule has 0 heterocycles. The molecule has 0 aliphatic carbocycles. The Hall–Kier alpha value is -2.20. The summed E-state index contributed by atoms with van der Waals surface area (Å²) in [6.07, 6.45) is 0. The second kappa shape index (κ2) is 6.99. The van der Waals surface area contributed by atoms with E-state index in [4.69, 9.17) is 25.8 Å². The minimum absolute atomic E-state index is 0.0736. The van der Waals surface area contributed by atoms with Gasteiger partial charge in [-0.05, 0) is 30.3 Å². The van der Waals surface area contributed by atoms with E-state index in [-0.39, 0.29) is 12.4 Å². The highest BCUT2D eigenvalue weighted by atomic mass is 35.5. The van der Waals surface area contributed by atoms with Gasteiger partial charge in [0.1, 0.15) is 17.2 Å². The van der Waals surface area contributed by atoms with E-state index in [0.29, 0.717) is 27.8 Å². The van der Waals surface area contributed by atoms with Crippen LogP contribution >= 0.6 is 11.6 Å². The van der Waals surface area contributed by atoms with E-state index in [2.05, 4.69) is 0 Å². The predicted octanol–water partition coefficient (Wildman–Crippen LogP) is 3.62. The van der Waals surface area contributed by atoms with Crippen molar-refractivity contribution >= 4 is 17.4 Å². The van der Waals surface area contributed by atoms with Crippen LogP contribution in [0.3, 0.4) is 0 Å². The van der Waals surface area contributed by atoms with Crippen LogP contribution in [0.5, 0.6) is 17.2 Å². The molecule has 110 valence electrons. The average molecular weight is 307 g/mol. The minimum atomic E-state index is -0.164. The number of carbonyl (C=O) groups excluding carboxylic acids is 1. The first-order chi connectivity index (χ1) is 10.1. The number of hydrogen-bond acceptors (Lipinski definition) is 4. The van der Waals surface area contributed by atoms with Crippen LogP contribution in [0.25, 0.3) is 0 Å². The van der Waals surface area contributed by atoms with E-state index in [0.717, 1.165) is 0 Å². The molecule has 2 aromatic carbocycles. The van der Waals surface area contributed by atoms with Crippen molar-refractivity contribution < 1.29 is 19.0 Å². The van der Waals surface area contributed by atoms with Crippen LogP contribution in [-0.2, 0) is 0 Å². The lowest BCUT2D eigenvalue weighted by Crippen LogP contribution is -2.11. The molecule has 4 nitrogen and oxygen atoms in total. The SMILES string of the molecule is COc1cccc(OCC(=O)c2ccc(OC)c(Cl)c2)c1. The van der Waals surface area contributed by atoms with Crippen molar-refractivity contribution in [2.24, 2.45) is 0 Å². The Morgan fingerprint density at radius 2 is 1.81 bits per heavy atom. The summed E-state index contributed by atoms with van der Waals surface area (Å²) >= 11 is 6.00. The first kappa shape index (κ1) is 15.2. The molecular formula is C16H15ClO4. The molecule has 0 spiro atoms. The Morgan fingerprint density at radius 1 is 1.05 bits per heavy atom. The first-order valence-electron chi connectivity index (χ1n) is 6.27. The van der Waals surface area contributed by atoms with Gasteiger partial charge in [0, 0.05) is 11.6 Å². The van der Waals surface area contributed by atoms with Crippen LogP contribution in [0.2, 0.25) is 5.02 Å². The van der Waals surface area contributed by atoms with Crippen LogP contribution in [-0.4, -0.2) is 26.6 Å². The summed E-state index contributed by atoms with van der Waals surface area (Å²) in [6, 6.07) is 12.0. The second-order valence-corrected chi connectivity index (χ2v) is 4.65. The van der Waals surface area contributed by atoms with Crippen molar-refractivity contribution in [1.82, 2.24) is 0 Å². The number of methoxy groups -OCH3 is 2. The summed E-state index contributed by atoms with van der Waals surface area (Å²) in [6.45, 7) is -0.0736. The third-order valence-electron chi connectivity index (χ3n) is 2.88. The fraction of sp³-hybridized carbons (Fsp3) is 0.188. The zero-order valence-corrected chi connectivity index (χ0v) is 12.5. The monoisotopic (exact) mass is 306 g/mol. The van der Waals surface area contributed by atoms with Gasteiger partial charge in [-0.1, -0.05) is 17.7 Å². The predicted molar refractivity (Wildman–Crippen MR) is 80.8 cm³/mol. The van der Waals surface area contributed by atoms with Gasteiger partial charge in [0.25, 0.3) is 0 Å². The number of hydrogen-bond donors (Lipinski definition) is 0. The summed E-state index contributed by atoms with van der Waals surface area (Å²) in [7, 11) is 3.10. The van der Waals surface area contributed by atoms with Crippen molar-refractivity contribution in [2.45, 2.75) is 0 Å². The highest BCUT2D eigenvalue weighted by Crippen LogP contribution is 2.25. The molecule has 21 heavy (non-hydrogen) atoms. The lowest BCUT2D eigenvalue weighted by atomic mass is 10.1. The molecule has 5 heteroatoms. The molecule has 2 aromatic rings. The van der Waals surface area contributed by atoms with Crippen LogP contribution in [0, 0.1) is 0 Å². The van der Waals surface area contributed by atoms with E-state index < -0.39 is 0 Å². The Labute approximate surface area is 128 Å². The molecule has 0 atom stereocenters. The molecule has 0 N–H and O–H groups in total. The number of ether oxygens (including phenoxy) is 3. The Bertz CT molecular complexity index is 640. The topological polar surface area (TPSA) is 44.8 Å². The highest BCUT2D eigenvalue weighted by Gasteiger charge is 2.10. The molecule has 0 aliphatic heterocycles. The summed E-state index contributed by atoms with van der Waals surface area (Å²) in [4.78, 5) is 12.1. The summed E-state index contributed by atoms with van der Waals surface area (Å²) in [5.41, 5.74) is 0.476. The van der Waals surface area contributed by atoms with E-state index in [1.165, 1.54) is 7.11 Å². The normalized spacial score (nSPS) is 10.0. The quantitative estimate of drug-likeness (QED) is 0.765. The van der Waals surface area contributed by atoms with Gasteiger partial charge in [0.15, 0.2) is 12.4 Å². The van der Waals surface area contributed by atoms with Gasteiger partial charge in [-0.3, -0.25) is 4.79 Å². The van der Waals surface area contributed by atoms with E-state index in [1.807, 2.05) is 0 Å². The Kier molecular flexibility index (Phi) is 5.06. The van der Waals surface area contributed by atoms with Gasteiger partial charge in [-0.2, -0.15) is 0 Å². The highest BCUT2D eigenvalue weighted by molar-refractivity contribution is 6.32. The lowest BCUT2D eigenvalue weighted by Gasteiger charge is -2.08. The van der Waals surface area contributed by atoms with Crippen LogP contribution in [0.4, 0.5) is 0 Å². The number of benzene rings is 2. The van der Waals surface area contributed by atoms with Crippen LogP contribution < -0.4 is 14.2 Å².